The maximum absolute atomic E-state index is 14.9. The predicted molar refractivity (Wildman–Crippen MR) is 120 cm³/mol. The molecule has 1 unspecified atom stereocenters. The van der Waals surface area contributed by atoms with Crippen molar-refractivity contribution in [1.82, 2.24) is 0 Å². The molecular weight excluding hydrogens is 367 g/mol. The molecule has 0 aliphatic heterocycles. The van der Waals surface area contributed by atoms with E-state index in [9.17, 15) is 4.39 Å². The van der Waals surface area contributed by atoms with Gasteiger partial charge in [-0.05, 0) is 93.6 Å². The fourth-order valence-corrected chi connectivity index (χ4v) is 5.46. The first kappa shape index (κ1) is 21.6. The van der Waals surface area contributed by atoms with Crippen LogP contribution in [0.4, 0.5) is 4.39 Å². The Hall–Kier alpha value is -1.08. The van der Waals surface area contributed by atoms with Crippen LogP contribution < -0.4 is 0 Å². The Kier molecular flexibility index (Phi) is 8.21. The zero-order valence-corrected chi connectivity index (χ0v) is 18.4. The molecule has 1 atom stereocenters. The molecule has 0 nitrogen and oxygen atoms in total. The molecule has 0 spiro atoms. The van der Waals surface area contributed by atoms with Crippen molar-refractivity contribution < 1.29 is 4.39 Å². The first-order valence-electron chi connectivity index (χ1n) is 11.4. The summed E-state index contributed by atoms with van der Waals surface area (Å²) >= 11 is 6.38. The van der Waals surface area contributed by atoms with Gasteiger partial charge in [0.15, 0.2) is 0 Å². The molecule has 0 N–H and O–H groups in total. The second kappa shape index (κ2) is 10.6. The van der Waals surface area contributed by atoms with E-state index >= 15 is 0 Å². The van der Waals surface area contributed by atoms with Crippen LogP contribution in [0.15, 0.2) is 30.4 Å². The lowest BCUT2D eigenvalue weighted by Crippen LogP contribution is -2.22. The molecule has 0 amide bonds. The number of halogens is 2. The maximum Gasteiger partial charge on any atom is 0.149 e. The smallest absolute Gasteiger partial charge is 0.149 e. The zero-order chi connectivity index (χ0) is 19.9. The highest BCUT2D eigenvalue weighted by molar-refractivity contribution is 6.31. The molecule has 154 valence electrons. The maximum atomic E-state index is 14.9. The van der Waals surface area contributed by atoms with Crippen LogP contribution in [0.2, 0.25) is 5.02 Å². The van der Waals surface area contributed by atoms with Gasteiger partial charge in [-0.25, -0.2) is 4.39 Å². The van der Waals surface area contributed by atoms with Crippen LogP contribution in [-0.2, 0) is 6.42 Å². The van der Waals surface area contributed by atoms with E-state index < -0.39 is 0 Å². The largest absolute Gasteiger partial charge is 0.205 e. The Morgan fingerprint density at radius 3 is 2.50 bits per heavy atom. The van der Waals surface area contributed by atoms with Gasteiger partial charge in [-0.1, -0.05) is 61.7 Å². The van der Waals surface area contributed by atoms with Crippen LogP contribution in [0, 0.1) is 23.6 Å². The van der Waals surface area contributed by atoms with E-state index in [1.807, 2.05) is 12.1 Å². The molecule has 1 fully saturated rings. The predicted octanol–water partition coefficient (Wildman–Crippen LogP) is 8.78. The summed E-state index contributed by atoms with van der Waals surface area (Å²) in [5, 5.41) is 0.346. The fourth-order valence-electron chi connectivity index (χ4n) is 5.20. The molecule has 0 aromatic heterocycles. The Balaban J connectivity index is 1.61. The molecule has 0 saturated heterocycles. The Morgan fingerprint density at radius 2 is 1.86 bits per heavy atom. The number of rotatable bonds is 7. The highest BCUT2D eigenvalue weighted by Gasteiger charge is 2.28. The van der Waals surface area contributed by atoms with Crippen molar-refractivity contribution in [3.8, 4) is 0 Å². The zero-order valence-electron chi connectivity index (χ0n) is 17.7. The summed E-state index contributed by atoms with van der Waals surface area (Å²) in [7, 11) is 0. The molecule has 1 aromatic carbocycles. The summed E-state index contributed by atoms with van der Waals surface area (Å²) in [4.78, 5) is 0. The van der Waals surface area contributed by atoms with Crippen molar-refractivity contribution in [3.05, 3.63) is 52.3 Å². The van der Waals surface area contributed by atoms with E-state index in [4.69, 9.17) is 11.6 Å². The van der Waals surface area contributed by atoms with Gasteiger partial charge in [-0.3, -0.25) is 0 Å². The van der Waals surface area contributed by atoms with Crippen LogP contribution in [-0.4, -0.2) is 0 Å². The molecular formula is C26H36ClF. The third-order valence-corrected chi connectivity index (χ3v) is 7.37. The average molecular weight is 403 g/mol. The van der Waals surface area contributed by atoms with Gasteiger partial charge in [-0.2, -0.15) is 0 Å². The minimum absolute atomic E-state index is 0.202. The third kappa shape index (κ3) is 5.29. The molecule has 2 aliphatic carbocycles. The van der Waals surface area contributed by atoms with Gasteiger partial charge in [0.25, 0.3) is 0 Å². The van der Waals surface area contributed by atoms with E-state index in [1.54, 1.807) is 0 Å². The van der Waals surface area contributed by atoms with Gasteiger partial charge < -0.3 is 0 Å². The summed E-state index contributed by atoms with van der Waals surface area (Å²) in [6.45, 7) is 4.31. The quantitative estimate of drug-likeness (QED) is 0.315. The van der Waals surface area contributed by atoms with Gasteiger partial charge in [0.05, 0.1) is 5.02 Å². The molecule has 28 heavy (non-hydrogen) atoms. The van der Waals surface area contributed by atoms with Crippen molar-refractivity contribution >= 4 is 17.2 Å². The molecule has 0 radical (unpaired) electrons. The van der Waals surface area contributed by atoms with E-state index in [0.717, 1.165) is 54.6 Å². The lowest BCUT2D eigenvalue weighted by Gasteiger charge is -2.35. The number of benzene rings is 1. The average Bonchev–Trinajstić information content (AvgIpc) is 2.72. The summed E-state index contributed by atoms with van der Waals surface area (Å²) in [5.74, 6) is 2.23. The molecule has 3 rings (SSSR count). The van der Waals surface area contributed by atoms with Crippen molar-refractivity contribution in [2.45, 2.75) is 84.5 Å². The van der Waals surface area contributed by atoms with E-state index in [-0.39, 0.29) is 5.82 Å². The van der Waals surface area contributed by atoms with Gasteiger partial charge >= 0.3 is 0 Å². The Labute approximate surface area is 176 Å². The number of hydrogen-bond acceptors (Lipinski definition) is 0. The highest BCUT2D eigenvalue weighted by Crippen LogP contribution is 2.42. The van der Waals surface area contributed by atoms with Crippen molar-refractivity contribution in [3.63, 3.8) is 0 Å². The van der Waals surface area contributed by atoms with Crippen molar-refractivity contribution in [2.75, 3.05) is 0 Å². The summed E-state index contributed by atoms with van der Waals surface area (Å²) < 4.78 is 14.9. The molecule has 1 aromatic rings. The highest BCUT2D eigenvalue weighted by atomic mass is 35.5. The number of unbranched alkanes of at least 4 members (excludes halogenated alkanes) is 2. The Morgan fingerprint density at radius 1 is 1.07 bits per heavy atom. The normalized spacial score (nSPS) is 25.9. The third-order valence-electron chi connectivity index (χ3n) is 6.96. The first-order chi connectivity index (χ1) is 13.6. The molecule has 1 saturated carbocycles. The van der Waals surface area contributed by atoms with E-state index in [0.29, 0.717) is 5.02 Å². The molecule has 2 heteroatoms. The topological polar surface area (TPSA) is 0 Å². The standard InChI is InChI=1S/C26H36ClF/c1-3-5-6-8-23-17-18-24(26(28)25(23)27)22-15-13-21(14-16-22)20-11-9-19(7-4-2)10-12-20/h4,7,15,17-21H,3,5-6,8-14,16H2,1-2H3/b7-4+. The number of allylic oxidation sites excluding steroid dienone is 4. The lowest BCUT2D eigenvalue weighted by molar-refractivity contribution is 0.212. The second-order valence-electron chi connectivity index (χ2n) is 8.82. The van der Waals surface area contributed by atoms with Gasteiger partial charge in [0.2, 0.25) is 0 Å². The first-order valence-corrected chi connectivity index (χ1v) is 11.8. The van der Waals surface area contributed by atoms with E-state index in [2.05, 4.69) is 32.1 Å². The summed E-state index contributed by atoms with van der Waals surface area (Å²) in [6.07, 6.45) is 19.9. The Bertz CT molecular complexity index is 695. The minimum atomic E-state index is -0.202. The molecule has 2 aliphatic rings. The van der Waals surface area contributed by atoms with Crippen LogP contribution in [0.5, 0.6) is 0 Å². The number of hydrogen-bond donors (Lipinski definition) is 0. The monoisotopic (exact) mass is 402 g/mol. The van der Waals surface area contributed by atoms with Crippen LogP contribution in [0.3, 0.4) is 0 Å². The van der Waals surface area contributed by atoms with Gasteiger partial charge in [0.1, 0.15) is 5.82 Å². The van der Waals surface area contributed by atoms with E-state index in [1.165, 1.54) is 50.5 Å². The lowest BCUT2D eigenvalue weighted by atomic mass is 9.71. The van der Waals surface area contributed by atoms with Crippen molar-refractivity contribution in [2.24, 2.45) is 17.8 Å². The SMILES string of the molecule is C/C=C/C1CCC(C2CC=C(c3ccc(CCCCC)c(Cl)c3F)CC2)CC1. The number of aryl methyl sites for hydroxylation is 1. The summed E-state index contributed by atoms with van der Waals surface area (Å²) in [6, 6.07) is 4.02. The fraction of sp³-hybridized carbons (Fsp3) is 0.615. The van der Waals surface area contributed by atoms with Crippen LogP contribution in [0.1, 0.15) is 89.2 Å². The molecule has 0 bridgehead atoms. The van der Waals surface area contributed by atoms with Gasteiger partial charge in [-0.15, -0.1) is 0 Å². The van der Waals surface area contributed by atoms with Gasteiger partial charge in [0, 0.05) is 5.56 Å². The van der Waals surface area contributed by atoms with Crippen LogP contribution >= 0.6 is 11.6 Å². The molecule has 0 heterocycles. The summed E-state index contributed by atoms with van der Waals surface area (Å²) in [5.41, 5.74) is 2.86. The van der Waals surface area contributed by atoms with Crippen LogP contribution in [0.25, 0.3) is 5.57 Å². The van der Waals surface area contributed by atoms with Crippen molar-refractivity contribution in [1.29, 1.82) is 0 Å². The minimum Gasteiger partial charge on any atom is -0.205 e. The second-order valence-corrected chi connectivity index (χ2v) is 9.20.